The fourth-order valence-electron chi connectivity index (χ4n) is 4.16. The van der Waals surface area contributed by atoms with Gasteiger partial charge < -0.3 is 10.4 Å². The van der Waals surface area contributed by atoms with Crippen molar-refractivity contribution < 1.29 is 13.5 Å². The smallest absolute Gasteiger partial charge is 0.223 e. The van der Waals surface area contributed by atoms with E-state index in [1.807, 2.05) is 24.4 Å². The van der Waals surface area contributed by atoms with Crippen molar-refractivity contribution in [1.82, 2.24) is 14.3 Å². The Labute approximate surface area is 159 Å². The van der Waals surface area contributed by atoms with E-state index in [4.69, 9.17) is 4.98 Å². The molecule has 1 saturated carbocycles. The molecular weight excluding hydrogens is 364 g/mol. The SMILES string of the molecule is CS(=O)(=O)N1CCC(c2cccc3cnc(NC4CCC(O)CC4)nc23)C1. The number of hydrogen-bond acceptors (Lipinski definition) is 6. The van der Waals surface area contributed by atoms with Crippen LogP contribution in [-0.4, -0.2) is 59.3 Å². The van der Waals surface area contributed by atoms with Gasteiger partial charge in [-0.15, -0.1) is 0 Å². The fourth-order valence-corrected chi connectivity index (χ4v) is 5.05. The van der Waals surface area contributed by atoms with Gasteiger partial charge in [0.1, 0.15) is 0 Å². The molecule has 0 amide bonds. The average Bonchev–Trinajstić information content (AvgIpc) is 3.13. The molecule has 27 heavy (non-hydrogen) atoms. The van der Waals surface area contributed by atoms with Crippen molar-refractivity contribution in [3.8, 4) is 0 Å². The number of nitrogens with one attached hydrogen (secondary N) is 1. The molecule has 0 radical (unpaired) electrons. The minimum atomic E-state index is -3.16. The summed E-state index contributed by atoms with van der Waals surface area (Å²) in [7, 11) is -3.16. The molecule has 1 aliphatic heterocycles. The summed E-state index contributed by atoms with van der Waals surface area (Å²) in [4.78, 5) is 9.22. The molecule has 1 aromatic carbocycles. The Balaban J connectivity index is 1.58. The summed E-state index contributed by atoms with van der Waals surface area (Å²) in [6, 6.07) is 6.31. The van der Waals surface area contributed by atoms with Crippen LogP contribution < -0.4 is 5.32 Å². The van der Waals surface area contributed by atoms with E-state index in [1.165, 1.54) is 6.26 Å². The minimum Gasteiger partial charge on any atom is -0.393 e. The van der Waals surface area contributed by atoms with Gasteiger partial charge in [0, 0.05) is 36.6 Å². The Bertz CT molecular complexity index is 926. The number of para-hydroxylation sites is 1. The molecule has 1 saturated heterocycles. The minimum absolute atomic E-state index is 0.149. The molecule has 2 N–H and O–H groups in total. The number of aromatic nitrogens is 2. The van der Waals surface area contributed by atoms with Crippen LogP contribution in [0.15, 0.2) is 24.4 Å². The molecule has 2 aromatic rings. The molecule has 1 aliphatic carbocycles. The highest BCUT2D eigenvalue weighted by Crippen LogP contribution is 2.33. The van der Waals surface area contributed by atoms with Crippen LogP contribution in [0.25, 0.3) is 10.9 Å². The zero-order chi connectivity index (χ0) is 19.0. The molecule has 2 aliphatic rings. The van der Waals surface area contributed by atoms with Crippen LogP contribution in [0, 0.1) is 0 Å². The van der Waals surface area contributed by atoms with Crippen molar-refractivity contribution >= 4 is 26.9 Å². The molecule has 0 spiro atoms. The van der Waals surface area contributed by atoms with Crippen molar-refractivity contribution in [3.05, 3.63) is 30.0 Å². The number of anilines is 1. The summed E-state index contributed by atoms with van der Waals surface area (Å²) in [5.41, 5.74) is 1.98. The van der Waals surface area contributed by atoms with E-state index >= 15 is 0 Å². The molecule has 2 fully saturated rings. The average molecular weight is 391 g/mol. The number of hydrogen-bond donors (Lipinski definition) is 2. The normalized spacial score (nSPS) is 27.1. The Morgan fingerprint density at radius 1 is 1.19 bits per heavy atom. The first kappa shape index (κ1) is 18.6. The van der Waals surface area contributed by atoms with Crippen LogP contribution in [0.1, 0.15) is 43.6 Å². The summed E-state index contributed by atoms with van der Waals surface area (Å²) >= 11 is 0. The summed E-state index contributed by atoms with van der Waals surface area (Å²) in [5, 5.41) is 14.0. The second-order valence-corrected chi connectivity index (χ2v) is 9.72. The number of aliphatic hydroxyl groups excluding tert-OH is 1. The molecule has 8 heteroatoms. The highest BCUT2D eigenvalue weighted by Gasteiger charge is 2.30. The molecule has 146 valence electrons. The fraction of sp³-hybridized carbons (Fsp3) is 0.579. The van der Waals surface area contributed by atoms with Gasteiger partial charge in [-0.3, -0.25) is 0 Å². The number of benzene rings is 1. The maximum absolute atomic E-state index is 11.8. The van der Waals surface area contributed by atoms with Crippen LogP contribution in [-0.2, 0) is 10.0 Å². The van der Waals surface area contributed by atoms with Gasteiger partial charge in [-0.2, -0.15) is 0 Å². The van der Waals surface area contributed by atoms with Crippen molar-refractivity contribution in [2.45, 2.75) is 50.2 Å². The Kier molecular flexibility index (Phi) is 5.05. The lowest BCUT2D eigenvalue weighted by molar-refractivity contribution is 0.126. The van der Waals surface area contributed by atoms with Gasteiger partial charge in [-0.1, -0.05) is 18.2 Å². The molecular formula is C19H26N4O3S. The number of rotatable bonds is 4. The quantitative estimate of drug-likeness (QED) is 0.830. The monoisotopic (exact) mass is 390 g/mol. The number of fused-ring (bicyclic) bond motifs is 1. The van der Waals surface area contributed by atoms with E-state index in [0.29, 0.717) is 19.0 Å². The first-order chi connectivity index (χ1) is 12.9. The topological polar surface area (TPSA) is 95.4 Å². The molecule has 2 heterocycles. The second-order valence-electron chi connectivity index (χ2n) is 7.74. The van der Waals surface area contributed by atoms with E-state index < -0.39 is 10.0 Å². The van der Waals surface area contributed by atoms with Crippen LogP contribution >= 0.6 is 0 Å². The van der Waals surface area contributed by atoms with E-state index in [1.54, 1.807) is 4.31 Å². The summed E-state index contributed by atoms with van der Waals surface area (Å²) < 4.78 is 25.2. The van der Waals surface area contributed by atoms with Gasteiger partial charge >= 0.3 is 0 Å². The third-order valence-corrected chi connectivity index (χ3v) is 7.00. The third kappa shape index (κ3) is 4.07. The molecule has 1 atom stereocenters. The van der Waals surface area contributed by atoms with E-state index in [0.717, 1.165) is 48.6 Å². The van der Waals surface area contributed by atoms with Gasteiger partial charge in [-0.25, -0.2) is 22.7 Å². The standard InChI is InChI=1S/C19H26N4O3S/c1-27(25,26)23-10-9-14(12-23)17-4-2-3-13-11-20-19(22-18(13)17)21-15-5-7-16(24)8-6-15/h2-4,11,14-16,24H,5-10,12H2,1H3,(H,20,21,22). The molecule has 1 unspecified atom stereocenters. The highest BCUT2D eigenvalue weighted by molar-refractivity contribution is 7.88. The predicted molar refractivity (Wildman–Crippen MR) is 105 cm³/mol. The highest BCUT2D eigenvalue weighted by atomic mass is 32.2. The van der Waals surface area contributed by atoms with E-state index in [9.17, 15) is 13.5 Å². The van der Waals surface area contributed by atoms with Gasteiger partial charge in [0.05, 0.1) is 17.9 Å². The zero-order valence-corrected chi connectivity index (χ0v) is 16.3. The first-order valence-corrected chi connectivity index (χ1v) is 11.4. The number of nitrogens with zero attached hydrogens (tertiary/aromatic N) is 3. The maximum Gasteiger partial charge on any atom is 0.223 e. The zero-order valence-electron chi connectivity index (χ0n) is 15.5. The lowest BCUT2D eigenvalue weighted by Gasteiger charge is -2.26. The van der Waals surface area contributed by atoms with E-state index in [2.05, 4.69) is 10.3 Å². The van der Waals surface area contributed by atoms with Crippen LogP contribution in [0.2, 0.25) is 0 Å². The molecule has 0 bridgehead atoms. The molecule has 1 aromatic heterocycles. The lowest BCUT2D eigenvalue weighted by atomic mass is 9.93. The molecule has 4 rings (SSSR count). The molecule has 7 nitrogen and oxygen atoms in total. The van der Waals surface area contributed by atoms with Gasteiger partial charge in [0.15, 0.2) is 0 Å². The predicted octanol–water partition coefficient (Wildman–Crippen LogP) is 2.09. The Morgan fingerprint density at radius 2 is 1.96 bits per heavy atom. The van der Waals surface area contributed by atoms with Crippen molar-refractivity contribution in [2.24, 2.45) is 0 Å². The van der Waals surface area contributed by atoms with Crippen molar-refractivity contribution in [1.29, 1.82) is 0 Å². The van der Waals surface area contributed by atoms with Gasteiger partial charge in [-0.05, 0) is 37.7 Å². The van der Waals surface area contributed by atoms with E-state index in [-0.39, 0.29) is 18.1 Å². The van der Waals surface area contributed by atoms with Crippen LogP contribution in [0.3, 0.4) is 0 Å². The number of aliphatic hydroxyl groups is 1. The van der Waals surface area contributed by atoms with Crippen molar-refractivity contribution in [3.63, 3.8) is 0 Å². The lowest BCUT2D eigenvalue weighted by Crippen LogP contribution is -2.29. The summed E-state index contributed by atoms with van der Waals surface area (Å²) in [6.07, 6.45) is 7.15. The maximum atomic E-state index is 11.8. The number of sulfonamides is 1. The summed E-state index contributed by atoms with van der Waals surface area (Å²) in [6.45, 7) is 1.06. The van der Waals surface area contributed by atoms with Gasteiger partial charge in [0.25, 0.3) is 0 Å². The van der Waals surface area contributed by atoms with Crippen molar-refractivity contribution in [2.75, 3.05) is 24.7 Å². The first-order valence-electron chi connectivity index (χ1n) is 9.55. The second kappa shape index (κ2) is 7.33. The largest absolute Gasteiger partial charge is 0.393 e. The van der Waals surface area contributed by atoms with Crippen LogP contribution in [0.4, 0.5) is 5.95 Å². The summed E-state index contributed by atoms with van der Waals surface area (Å²) in [5.74, 6) is 0.755. The Morgan fingerprint density at radius 3 is 2.67 bits per heavy atom. The third-order valence-electron chi connectivity index (χ3n) is 5.73. The Hall–Kier alpha value is -1.77. The van der Waals surface area contributed by atoms with Gasteiger partial charge in [0.2, 0.25) is 16.0 Å². The van der Waals surface area contributed by atoms with Crippen LogP contribution in [0.5, 0.6) is 0 Å².